The number of aromatic nitrogens is 3. The van der Waals surface area contributed by atoms with Gasteiger partial charge >= 0.3 is 6.09 Å². The molecule has 3 unspecified atom stereocenters. The molecule has 0 bridgehead atoms. The number of carbonyl (C=O) groups excluding carboxylic acids is 3. The minimum Gasteiger partial charge on any atom is -0.619 e. The number of para-hydroxylation sites is 2. The summed E-state index contributed by atoms with van der Waals surface area (Å²) in [6.07, 6.45) is 2.98. The predicted molar refractivity (Wildman–Crippen MR) is 140 cm³/mol. The van der Waals surface area contributed by atoms with Crippen molar-refractivity contribution in [3.63, 3.8) is 0 Å². The van der Waals surface area contributed by atoms with Gasteiger partial charge in [-0.3, -0.25) is 9.59 Å². The highest BCUT2D eigenvalue weighted by Gasteiger charge is 2.54. The van der Waals surface area contributed by atoms with Gasteiger partial charge in [0.15, 0.2) is 18.2 Å². The molecular formula is C26H28N6O7S. The molecular weight excluding hydrogens is 540 g/mol. The Kier molecular flexibility index (Phi) is 7.38. The lowest BCUT2D eigenvalue weighted by Gasteiger charge is -2.28. The van der Waals surface area contributed by atoms with E-state index in [4.69, 9.17) is 4.74 Å². The molecule has 1 N–H and O–H groups in total. The normalized spacial score (nSPS) is 20.1. The molecule has 2 saturated heterocycles. The van der Waals surface area contributed by atoms with Gasteiger partial charge in [-0.1, -0.05) is 26.0 Å². The van der Waals surface area contributed by atoms with Gasteiger partial charge in [-0.05, 0) is 37.0 Å². The number of Topliss-reactive ketones (excluding diaryl/α,β-unsaturated/α-hetero) is 1. The van der Waals surface area contributed by atoms with E-state index in [0.29, 0.717) is 15.8 Å². The highest BCUT2D eigenvalue weighted by Crippen LogP contribution is 2.34. The highest BCUT2D eigenvalue weighted by atomic mass is 32.2. The largest absolute Gasteiger partial charge is 0.619 e. The molecule has 2 fully saturated rings. The Hall–Kier alpha value is -4.17. The summed E-state index contributed by atoms with van der Waals surface area (Å²) < 4.78 is 33.3. The molecule has 40 heavy (non-hydrogen) atoms. The summed E-state index contributed by atoms with van der Waals surface area (Å²) >= 11 is 0. The van der Waals surface area contributed by atoms with Crippen molar-refractivity contribution < 1.29 is 32.3 Å². The van der Waals surface area contributed by atoms with Crippen LogP contribution < -0.4 is 14.8 Å². The van der Waals surface area contributed by atoms with E-state index in [1.54, 1.807) is 18.2 Å². The van der Waals surface area contributed by atoms with E-state index in [9.17, 15) is 28.0 Å². The molecule has 210 valence electrons. The molecule has 13 nitrogen and oxygen atoms in total. The number of hydrogen-bond donors (Lipinski definition) is 1. The molecule has 3 aromatic rings. The van der Waals surface area contributed by atoms with Crippen LogP contribution in [0.2, 0.25) is 0 Å². The highest BCUT2D eigenvalue weighted by molar-refractivity contribution is 7.89. The zero-order valence-corrected chi connectivity index (χ0v) is 22.7. The molecule has 4 heterocycles. The van der Waals surface area contributed by atoms with Crippen LogP contribution in [0.4, 0.5) is 4.79 Å². The summed E-state index contributed by atoms with van der Waals surface area (Å²) in [5.74, 6) is -0.975. The molecule has 2 amide bonds. The van der Waals surface area contributed by atoms with Crippen molar-refractivity contribution in [2.75, 3.05) is 13.1 Å². The lowest BCUT2D eigenvalue weighted by atomic mass is 10.0. The van der Waals surface area contributed by atoms with Crippen molar-refractivity contribution in [3.05, 3.63) is 60.2 Å². The summed E-state index contributed by atoms with van der Waals surface area (Å²) in [5.41, 5.74) is 1.16. The third kappa shape index (κ3) is 5.31. The van der Waals surface area contributed by atoms with Crippen molar-refractivity contribution in [2.45, 2.75) is 49.7 Å². The van der Waals surface area contributed by atoms with Crippen LogP contribution in [0.3, 0.4) is 0 Å². The minimum absolute atomic E-state index is 0.00105. The van der Waals surface area contributed by atoms with Gasteiger partial charge in [-0.25, -0.2) is 23.2 Å². The fraction of sp³-hybridized carbons (Fsp3) is 0.385. The number of rotatable bonds is 7. The number of sulfonamides is 1. The molecule has 0 aliphatic carbocycles. The first-order valence-corrected chi connectivity index (χ1v) is 14.2. The number of likely N-dealkylation sites (tertiary alicyclic amines) is 1. The molecule has 14 heteroatoms. The van der Waals surface area contributed by atoms with Gasteiger partial charge in [0, 0.05) is 12.6 Å². The van der Waals surface area contributed by atoms with Crippen molar-refractivity contribution in [2.24, 2.45) is 5.92 Å². The first-order chi connectivity index (χ1) is 19.0. The summed E-state index contributed by atoms with van der Waals surface area (Å²) in [4.78, 5) is 49.0. The number of fused-ring (bicyclic) bond motifs is 2. The number of amides is 2. The van der Waals surface area contributed by atoms with Crippen LogP contribution in [-0.4, -0.2) is 76.6 Å². The van der Waals surface area contributed by atoms with Gasteiger partial charge < -0.3 is 20.2 Å². The molecule has 2 aromatic heterocycles. The van der Waals surface area contributed by atoms with E-state index >= 15 is 0 Å². The second kappa shape index (κ2) is 10.8. The van der Waals surface area contributed by atoms with Crippen LogP contribution >= 0.6 is 0 Å². The van der Waals surface area contributed by atoms with Crippen molar-refractivity contribution >= 4 is 38.8 Å². The minimum atomic E-state index is -4.15. The lowest BCUT2D eigenvalue weighted by Crippen LogP contribution is -2.53. The summed E-state index contributed by atoms with van der Waals surface area (Å²) in [6, 6.07) is 6.87. The fourth-order valence-electron chi connectivity index (χ4n) is 5.21. The molecule has 1 aromatic carbocycles. The Labute approximate surface area is 230 Å². The van der Waals surface area contributed by atoms with Gasteiger partial charge in [0.05, 0.1) is 29.8 Å². The second-order valence-corrected chi connectivity index (χ2v) is 12.1. The average molecular weight is 569 g/mol. The molecule has 0 spiro atoms. The van der Waals surface area contributed by atoms with Crippen LogP contribution in [-0.2, 0) is 19.6 Å². The van der Waals surface area contributed by atoms with E-state index in [1.165, 1.54) is 23.2 Å². The molecule has 3 atom stereocenters. The zero-order valence-electron chi connectivity index (χ0n) is 21.8. The second-order valence-electron chi connectivity index (χ2n) is 10.2. The third-order valence-electron chi connectivity index (χ3n) is 6.94. The van der Waals surface area contributed by atoms with Gasteiger partial charge in [0.25, 0.3) is 0 Å². The Morgan fingerprint density at radius 3 is 2.67 bits per heavy atom. The standard InChI is InChI=1S/C26H28N6O7S/c1-16(2)12-20(29-26(35)39-23-13-27-18-7-3-4-8-19(18)28-23)25(34)31-11-9-21-24(31)22(33)15-32(21)40(37,38)17-6-5-10-30(36)14-17/h3-8,10,13-14,16,20-21,24H,9,11-12,15H2,1-2H3,(H,29,35). The Morgan fingerprint density at radius 2 is 1.95 bits per heavy atom. The predicted octanol–water partition coefficient (Wildman–Crippen LogP) is 1.01. The molecule has 0 radical (unpaired) electrons. The van der Waals surface area contributed by atoms with E-state index in [-0.39, 0.29) is 36.1 Å². The van der Waals surface area contributed by atoms with Crippen LogP contribution in [0, 0.1) is 11.1 Å². The van der Waals surface area contributed by atoms with E-state index in [1.807, 2.05) is 19.9 Å². The molecule has 2 aliphatic heterocycles. The fourth-order valence-corrected chi connectivity index (χ4v) is 6.84. The Morgan fingerprint density at radius 1 is 1.20 bits per heavy atom. The smallest absolute Gasteiger partial charge is 0.414 e. The Bertz CT molecular complexity index is 1580. The zero-order chi connectivity index (χ0) is 28.6. The van der Waals surface area contributed by atoms with E-state index in [2.05, 4.69) is 15.3 Å². The molecule has 2 aliphatic rings. The average Bonchev–Trinajstić information content (AvgIpc) is 3.49. The lowest BCUT2D eigenvalue weighted by molar-refractivity contribution is -0.607. The van der Waals surface area contributed by atoms with Crippen molar-refractivity contribution in [1.29, 1.82) is 0 Å². The number of ether oxygens (including phenoxy) is 1. The molecule has 5 rings (SSSR count). The molecule has 0 saturated carbocycles. The number of benzene rings is 1. The SMILES string of the molecule is CC(C)CC(NC(=O)Oc1cnc2ccccc2n1)C(=O)N1CCC2C1C(=O)CN2S(=O)(=O)c1ccc[n+]([O-])c1. The maximum Gasteiger partial charge on any atom is 0.414 e. The topological polar surface area (TPSA) is 166 Å². The van der Waals surface area contributed by atoms with Gasteiger partial charge in [0.2, 0.25) is 21.8 Å². The summed E-state index contributed by atoms with van der Waals surface area (Å²) in [5, 5.41) is 14.3. The third-order valence-corrected chi connectivity index (χ3v) is 8.79. The summed E-state index contributed by atoms with van der Waals surface area (Å²) in [7, 11) is -4.15. The maximum absolute atomic E-state index is 13.7. The summed E-state index contributed by atoms with van der Waals surface area (Å²) in [6.45, 7) is 3.47. The van der Waals surface area contributed by atoms with Crippen LogP contribution in [0.25, 0.3) is 11.0 Å². The number of nitrogens with one attached hydrogen (secondary N) is 1. The van der Waals surface area contributed by atoms with Crippen LogP contribution in [0.1, 0.15) is 26.7 Å². The van der Waals surface area contributed by atoms with Crippen LogP contribution in [0.15, 0.2) is 59.9 Å². The number of ketones is 1. The number of carbonyl (C=O) groups is 3. The number of nitrogens with zero attached hydrogens (tertiary/aromatic N) is 5. The van der Waals surface area contributed by atoms with Crippen LogP contribution in [0.5, 0.6) is 5.88 Å². The Balaban J connectivity index is 1.32. The maximum atomic E-state index is 13.7. The first kappa shape index (κ1) is 27.4. The quantitative estimate of drug-likeness (QED) is 0.323. The van der Waals surface area contributed by atoms with E-state index < -0.39 is 52.5 Å². The van der Waals surface area contributed by atoms with Gasteiger partial charge in [0.1, 0.15) is 17.0 Å². The van der Waals surface area contributed by atoms with Crippen molar-refractivity contribution in [1.82, 2.24) is 24.5 Å². The van der Waals surface area contributed by atoms with Gasteiger partial charge in [-0.2, -0.15) is 9.04 Å². The van der Waals surface area contributed by atoms with Crippen molar-refractivity contribution in [3.8, 4) is 5.88 Å². The van der Waals surface area contributed by atoms with E-state index in [0.717, 1.165) is 16.7 Å². The first-order valence-electron chi connectivity index (χ1n) is 12.8. The number of pyridine rings is 1. The monoisotopic (exact) mass is 568 g/mol. The number of hydrogen-bond acceptors (Lipinski definition) is 9. The van der Waals surface area contributed by atoms with Gasteiger partial charge in [-0.15, -0.1) is 0 Å².